The normalized spacial score (nSPS) is 10.4. The first kappa shape index (κ1) is 17.7. The van der Waals surface area contributed by atoms with Gasteiger partial charge in [-0.15, -0.1) is 0 Å². The van der Waals surface area contributed by atoms with Crippen LogP contribution in [-0.4, -0.2) is 15.0 Å². The minimum Gasteiger partial charge on any atom is -0.423 e. The van der Waals surface area contributed by atoms with Crippen LogP contribution in [-0.2, 0) is 0 Å². The third-order valence-corrected chi connectivity index (χ3v) is 4.75. The number of hydrogen-bond acceptors (Lipinski definition) is 7. The number of nitrogens with one attached hydrogen (secondary N) is 1. The topological polar surface area (TPSA) is 110 Å². The van der Waals surface area contributed by atoms with E-state index in [4.69, 9.17) is 15.7 Å². The molecule has 0 fully saturated rings. The van der Waals surface area contributed by atoms with Gasteiger partial charge in [-0.3, -0.25) is 0 Å². The summed E-state index contributed by atoms with van der Waals surface area (Å²) in [4.78, 5) is 12.4. The first-order valence-corrected chi connectivity index (χ1v) is 9.05. The molecule has 28 heavy (non-hydrogen) atoms. The lowest BCUT2D eigenvalue weighted by Crippen LogP contribution is -2.05. The van der Waals surface area contributed by atoms with Crippen LogP contribution in [0.2, 0.25) is 0 Å². The van der Waals surface area contributed by atoms with E-state index in [9.17, 15) is 0 Å². The van der Waals surface area contributed by atoms with Crippen molar-refractivity contribution in [3.8, 4) is 17.8 Å². The third kappa shape index (κ3) is 3.70. The van der Waals surface area contributed by atoms with Crippen molar-refractivity contribution in [2.75, 3.05) is 11.1 Å². The Labute approximate surface area is 169 Å². The van der Waals surface area contributed by atoms with Gasteiger partial charge in [-0.1, -0.05) is 30.3 Å². The number of halogens is 1. The standard InChI is InChI=1S/C20H13BrN6O/c21-17-15-4-2-1-3-13(15)7-10-16(17)28-20-26-18(23)25-19(27-20)24-14-8-5-12(11-22)6-9-14/h1-10H,(H3,23,24,25,26,27). The predicted octanol–water partition coefficient (Wildman–Crippen LogP) is 4.78. The van der Waals surface area contributed by atoms with Crippen LogP contribution < -0.4 is 15.8 Å². The van der Waals surface area contributed by atoms with E-state index in [0.717, 1.165) is 15.2 Å². The average Bonchev–Trinajstić information content (AvgIpc) is 2.70. The molecule has 0 saturated heterocycles. The first-order valence-electron chi connectivity index (χ1n) is 8.26. The van der Waals surface area contributed by atoms with Gasteiger partial charge >= 0.3 is 6.01 Å². The van der Waals surface area contributed by atoms with Crippen LogP contribution >= 0.6 is 15.9 Å². The molecule has 1 heterocycles. The molecule has 0 atom stereocenters. The summed E-state index contributed by atoms with van der Waals surface area (Å²) < 4.78 is 6.64. The number of nitriles is 1. The van der Waals surface area contributed by atoms with E-state index >= 15 is 0 Å². The summed E-state index contributed by atoms with van der Waals surface area (Å²) in [5.41, 5.74) is 7.08. The molecule has 4 rings (SSSR count). The van der Waals surface area contributed by atoms with Gasteiger partial charge < -0.3 is 15.8 Å². The van der Waals surface area contributed by atoms with Gasteiger partial charge in [0.05, 0.1) is 16.1 Å². The highest BCUT2D eigenvalue weighted by Gasteiger charge is 2.11. The first-order chi connectivity index (χ1) is 13.6. The number of hydrogen-bond donors (Lipinski definition) is 2. The molecule has 3 aromatic carbocycles. The van der Waals surface area contributed by atoms with Gasteiger partial charge in [0.2, 0.25) is 11.9 Å². The molecule has 0 bridgehead atoms. The Bertz CT molecular complexity index is 1200. The second-order valence-electron chi connectivity index (χ2n) is 5.81. The van der Waals surface area contributed by atoms with Crippen LogP contribution in [0.3, 0.4) is 0 Å². The van der Waals surface area contributed by atoms with Gasteiger partial charge in [-0.05, 0) is 57.0 Å². The summed E-state index contributed by atoms with van der Waals surface area (Å²) in [6.07, 6.45) is 0. The molecule has 0 spiro atoms. The van der Waals surface area contributed by atoms with Crippen molar-refractivity contribution in [1.29, 1.82) is 5.26 Å². The quantitative estimate of drug-likeness (QED) is 0.477. The maximum Gasteiger partial charge on any atom is 0.328 e. The Morgan fingerprint density at radius 3 is 2.54 bits per heavy atom. The monoisotopic (exact) mass is 432 g/mol. The van der Waals surface area contributed by atoms with Crippen LogP contribution in [0, 0.1) is 11.3 Å². The molecule has 136 valence electrons. The fourth-order valence-electron chi connectivity index (χ4n) is 2.62. The summed E-state index contributed by atoms with van der Waals surface area (Å²) in [6, 6.07) is 20.7. The second kappa shape index (κ2) is 7.50. The Balaban J connectivity index is 1.62. The number of ether oxygens (including phenoxy) is 1. The molecular weight excluding hydrogens is 420 g/mol. The van der Waals surface area contributed by atoms with Gasteiger partial charge in [-0.25, -0.2) is 0 Å². The number of nitrogens with zero attached hydrogens (tertiary/aromatic N) is 4. The van der Waals surface area contributed by atoms with E-state index in [2.05, 4.69) is 42.3 Å². The van der Waals surface area contributed by atoms with Gasteiger partial charge in [-0.2, -0.15) is 20.2 Å². The highest BCUT2D eigenvalue weighted by atomic mass is 79.9. The molecule has 3 N–H and O–H groups in total. The zero-order valence-corrected chi connectivity index (χ0v) is 16.0. The number of aromatic nitrogens is 3. The Hall–Kier alpha value is -3.70. The lowest BCUT2D eigenvalue weighted by molar-refractivity contribution is 0.440. The summed E-state index contributed by atoms with van der Waals surface area (Å²) in [5, 5.41) is 14.0. The molecule has 0 amide bonds. The van der Waals surface area contributed by atoms with Crippen molar-refractivity contribution in [1.82, 2.24) is 15.0 Å². The number of benzene rings is 3. The fourth-order valence-corrected chi connectivity index (χ4v) is 3.20. The molecule has 7 nitrogen and oxygen atoms in total. The van der Waals surface area contributed by atoms with Crippen LogP contribution in [0.25, 0.3) is 10.8 Å². The maximum absolute atomic E-state index is 8.88. The molecule has 0 unspecified atom stereocenters. The molecule has 0 aliphatic carbocycles. The summed E-state index contributed by atoms with van der Waals surface area (Å²) in [5.74, 6) is 0.829. The SMILES string of the molecule is N#Cc1ccc(Nc2nc(N)nc(Oc3ccc4ccccc4c3Br)n2)cc1. The zero-order valence-electron chi connectivity index (χ0n) is 14.4. The summed E-state index contributed by atoms with van der Waals surface area (Å²) in [6.45, 7) is 0. The second-order valence-corrected chi connectivity index (χ2v) is 6.61. The van der Waals surface area contributed by atoms with Gasteiger partial charge in [0, 0.05) is 5.69 Å². The van der Waals surface area contributed by atoms with Crippen molar-refractivity contribution < 1.29 is 4.74 Å². The molecule has 8 heteroatoms. The van der Waals surface area contributed by atoms with E-state index in [1.807, 2.05) is 36.4 Å². The van der Waals surface area contributed by atoms with E-state index in [0.29, 0.717) is 17.0 Å². The van der Waals surface area contributed by atoms with E-state index < -0.39 is 0 Å². The van der Waals surface area contributed by atoms with Crippen molar-refractivity contribution in [3.63, 3.8) is 0 Å². The number of nitrogen functional groups attached to an aromatic ring is 1. The van der Waals surface area contributed by atoms with Crippen LogP contribution in [0.4, 0.5) is 17.6 Å². The molecule has 0 aliphatic heterocycles. The highest BCUT2D eigenvalue weighted by Crippen LogP contribution is 2.35. The van der Waals surface area contributed by atoms with E-state index in [1.165, 1.54) is 0 Å². The minimum absolute atomic E-state index is 0.0260. The van der Waals surface area contributed by atoms with Crippen molar-refractivity contribution >= 4 is 44.3 Å². The van der Waals surface area contributed by atoms with Crippen molar-refractivity contribution in [2.45, 2.75) is 0 Å². The predicted molar refractivity (Wildman–Crippen MR) is 110 cm³/mol. The molecule has 0 radical (unpaired) electrons. The van der Waals surface area contributed by atoms with Crippen molar-refractivity contribution in [3.05, 3.63) is 70.7 Å². The fraction of sp³-hybridized carbons (Fsp3) is 0. The number of anilines is 3. The Morgan fingerprint density at radius 1 is 0.964 bits per heavy atom. The number of rotatable bonds is 4. The maximum atomic E-state index is 8.88. The van der Waals surface area contributed by atoms with E-state index in [1.54, 1.807) is 24.3 Å². The summed E-state index contributed by atoms with van der Waals surface area (Å²) in [7, 11) is 0. The zero-order chi connectivity index (χ0) is 19.5. The Kier molecular flexibility index (Phi) is 4.74. The Morgan fingerprint density at radius 2 is 1.75 bits per heavy atom. The van der Waals surface area contributed by atoms with Gasteiger partial charge in [0.15, 0.2) is 0 Å². The number of nitrogens with two attached hydrogens (primary N) is 1. The third-order valence-electron chi connectivity index (χ3n) is 3.93. The highest BCUT2D eigenvalue weighted by molar-refractivity contribution is 9.10. The molecule has 1 aromatic heterocycles. The average molecular weight is 433 g/mol. The molecular formula is C20H13BrN6O. The molecule has 0 aliphatic rings. The molecule has 4 aromatic rings. The summed E-state index contributed by atoms with van der Waals surface area (Å²) >= 11 is 3.57. The van der Waals surface area contributed by atoms with Crippen molar-refractivity contribution in [2.24, 2.45) is 0 Å². The smallest absolute Gasteiger partial charge is 0.328 e. The van der Waals surface area contributed by atoms with E-state index in [-0.39, 0.29) is 17.9 Å². The van der Waals surface area contributed by atoms with Gasteiger partial charge in [0.1, 0.15) is 5.75 Å². The number of fused-ring (bicyclic) bond motifs is 1. The van der Waals surface area contributed by atoms with Gasteiger partial charge in [0.25, 0.3) is 0 Å². The minimum atomic E-state index is 0.0260. The lowest BCUT2D eigenvalue weighted by atomic mass is 10.1. The lowest BCUT2D eigenvalue weighted by Gasteiger charge is -2.10. The van der Waals surface area contributed by atoms with Crippen LogP contribution in [0.1, 0.15) is 5.56 Å². The molecule has 0 saturated carbocycles. The largest absolute Gasteiger partial charge is 0.423 e. The van der Waals surface area contributed by atoms with Crippen LogP contribution in [0.15, 0.2) is 65.1 Å². The van der Waals surface area contributed by atoms with Crippen LogP contribution in [0.5, 0.6) is 11.8 Å².